The van der Waals surface area contributed by atoms with Crippen molar-refractivity contribution in [2.24, 2.45) is 0 Å². The summed E-state index contributed by atoms with van der Waals surface area (Å²) in [6.07, 6.45) is 0. The molecule has 8 aromatic carbocycles. The Morgan fingerprint density at radius 3 is 1.51 bits per heavy atom. The highest BCUT2D eigenvalue weighted by Gasteiger charge is 2.18. The molecule has 0 unspecified atom stereocenters. The van der Waals surface area contributed by atoms with Gasteiger partial charge in [0.15, 0.2) is 0 Å². The Hall–Kier alpha value is -6.91. The smallest absolute Gasteiger partial charge is 0.143 e. The lowest BCUT2D eigenvalue weighted by Crippen LogP contribution is -2.10. The Labute approximate surface area is 292 Å². The second kappa shape index (κ2) is 10.8. The van der Waals surface area contributed by atoms with Gasteiger partial charge < -0.3 is 13.7 Å². The first-order chi connectivity index (χ1) is 25.2. The Balaban J connectivity index is 1.12. The van der Waals surface area contributed by atoms with Gasteiger partial charge in [0.25, 0.3) is 0 Å². The van der Waals surface area contributed by atoms with E-state index >= 15 is 0 Å². The van der Waals surface area contributed by atoms with Gasteiger partial charge in [0.2, 0.25) is 0 Å². The molecular weight excluding hydrogens is 625 g/mol. The Kier molecular flexibility index (Phi) is 5.92. The maximum atomic E-state index is 6.50. The van der Waals surface area contributed by atoms with Gasteiger partial charge in [-0.1, -0.05) is 97.1 Å². The molecule has 0 aliphatic heterocycles. The van der Waals surface area contributed by atoms with Crippen molar-refractivity contribution in [2.45, 2.75) is 0 Å². The molecular formula is C47H28N2O2. The molecule has 0 aliphatic carbocycles. The fourth-order valence-electron chi connectivity index (χ4n) is 7.71. The van der Waals surface area contributed by atoms with E-state index in [1.807, 2.05) is 36.4 Å². The van der Waals surface area contributed by atoms with Crippen molar-refractivity contribution in [1.29, 1.82) is 0 Å². The van der Waals surface area contributed by atoms with Gasteiger partial charge in [-0.15, -0.1) is 0 Å². The Morgan fingerprint density at radius 2 is 0.882 bits per heavy atom. The molecule has 0 saturated heterocycles. The molecule has 0 N–H and O–H groups in total. The number of benzene rings is 8. The maximum absolute atomic E-state index is 6.50. The van der Waals surface area contributed by atoms with Gasteiger partial charge in [-0.3, -0.25) is 0 Å². The summed E-state index contributed by atoms with van der Waals surface area (Å²) in [4.78, 5) is 7.28. The van der Waals surface area contributed by atoms with Crippen molar-refractivity contribution in [3.63, 3.8) is 0 Å². The van der Waals surface area contributed by atoms with Gasteiger partial charge in [0.05, 0.1) is 11.2 Å². The number of fused-ring (bicyclic) bond motifs is 11. The van der Waals surface area contributed by atoms with Crippen LogP contribution >= 0.6 is 0 Å². The minimum absolute atomic E-state index is 0.893. The number of hydrogen-bond donors (Lipinski definition) is 0. The predicted molar refractivity (Wildman–Crippen MR) is 211 cm³/mol. The molecule has 0 bridgehead atoms. The first kappa shape index (κ1) is 28.0. The summed E-state index contributed by atoms with van der Waals surface area (Å²) in [7, 11) is 0. The second-order valence-corrected chi connectivity index (χ2v) is 13.2. The third-order valence-electron chi connectivity index (χ3n) is 10.2. The van der Waals surface area contributed by atoms with Crippen LogP contribution < -0.4 is 4.90 Å². The van der Waals surface area contributed by atoms with Crippen LogP contribution in [0.15, 0.2) is 179 Å². The second-order valence-electron chi connectivity index (χ2n) is 13.2. The predicted octanol–water partition coefficient (Wildman–Crippen LogP) is 13.5. The summed E-state index contributed by atoms with van der Waals surface area (Å²) in [5.74, 6) is 0. The quantitative estimate of drug-likeness (QED) is 0.190. The first-order valence-corrected chi connectivity index (χ1v) is 17.2. The monoisotopic (exact) mass is 652 g/mol. The number of hydrogen-bond acceptors (Lipinski definition) is 4. The molecule has 0 amide bonds. The Bertz CT molecular complexity index is 3000. The minimum atomic E-state index is 0.893. The average Bonchev–Trinajstić information content (AvgIpc) is 3.77. The van der Waals surface area contributed by atoms with Crippen molar-refractivity contribution in [1.82, 2.24) is 4.98 Å². The van der Waals surface area contributed by atoms with E-state index < -0.39 is 0 Å². The Morgan fingerprint density at radius 1 is 0.373 bits per heavy atom. The van der Waals surface area contributed by atoms with Crippen LogP contribution in [-0.4, -0.2) is 4.98 Å². The fourth-order valence-corrected chi connectivity index (χ4v) is 7.71. The van der Waals surface area contributed by atoms with Gasteiger partial charge in [-0.25, -0.2) is 4.98 Å². The third kappa shape index (κ3) is 4.37. The van der Waals surface area contributed by atoms with Crippen LogP contribution in [0.2, 0.25) is 0 Å². The van der Waals surface area contributed by atoms with Crippen molar-refractivity contribution >= 4 is 93.4 Å². The van der Waals surface area contributed by atoms with Crippen LogP contribution in [0.4, 0.5) is 17.1 Å². The first-order valence-electron chi connectivity index (χ1n) is 17.2. The van der Waals surface area contributed by atoms with E-state index in [0.29, 0.717) is 0 Å². The number of para-hydroxylation sites is 3. The van der Waals surface area contributed by atoms with Gasteiger partial charge >= 0.3 is 0 Å². The van der Waals surface area contributed by atoms with Crippen molar-refractivity contribution < 1.29 is 8.83 Å². The van der Waals surface area contributed by atoms with Gasteiger partial charge in [-0.2, -0.15) is 0 Å². The molecule has 0 aliphatic rings. The molecule has 4 nitrogen and oxygen atoms in total. The molecule has 4 heteroatoms. The normalized spacial score (nSPS) is 11.9. The zero-order valence-electron chi connectivity index (χ0n) is 27.4. The minimum Gasteiger partial charge on any atom is -0.455 e. The summed E-state index contributed by atoms with van der Waals surface area (Å²) < 4.78 is 13.0. The van der Waals surface area contributed by atoms with Crippen LogP contribution in [0.25, 0.3) is 87.6 Å². The van der Waals surface area contributed by atoms with E-state index in [-0.39, 0.29) is 0 Å². The standard InChI is InChI=1S/C47H28N2O2/c1-4-10-42-31(7-1)19-26-43(48-42)32-15-20-33(21-16-32)49(34-22-13-29-17-24-38-36-8-2-5-11-44(36)50-46(38)40(29)27-34)35-23-14-30-18-25-39-37-9-3-6-12-45(37)51-47(39)41(30)28-35/h1-28H. The number of furan rings is 2. The van der Waals surface area contributed by atoms with Crippen molar-refractivity contribution in [3.05, 3.63) is 170 Å². The molecule has 0 fully saturated rings. The number of anilines is 3. The highest BCUT2D eigenvalue weighted by Crippen LogP contribution is 2.42. The molecule has 11 aromatic rings. The molecule has 11 rings (SSSR count). The molecule has 3 heterocycles. The summed E-state index contributed by atoms with van der Waals surface area (Å²) in [5, 5.41) is 10.0. The zero-order valence-corrected chi connectivity index (χ0v) is 27.4. The van der Waals surface area contributed by atoms with E-state index in [4.69, 9.17) is 13.8 Å². The van der Waals surface area contributed by atoms with E-state index in [1.54, 1.807) is 0 Å². The lowest BCUT2D eigenvalue weighted by molar-refractivity contribution is 0.672. The molecule has 0 saturated carbocycles. The summed E-state index contributed by atoms with van der Waals surface area (Å²) >= 11 is 0. The van der Waals surface area contributed by atoms with Crippen LogP contribution in [0, 0.1) is 0 Å². The number of aromatic nitrogens is 1. The highest BCUT2D eigenvalue weighted by atomic mass is 16.3. The third-order valence-corrected chi connectivity index (χ3v) is 10.2. The van der Waals surface area contributed by atoms with Crippen molar-refractivity contribution in [3.8, 4) is 11.3 Å². The topological polar surface area (TPSA) is 42.4 Å². The molecule has 0 spiro atoms. The van der Waals surface area contributed by atoms with Crippen LogP contribution in [0.1, 0.15) is 0 Å². The SMILES string of the molecule is c1ccc2nc(-c3ccc(N(c4ccc5ccc6c7ccccc7oc6c5c4)c4ccc5ccc6c7ccccc7oc6c5c4)cc3)ccc2c1. The van der Waals surface area contributed by atoms with Crippen LogP contribution in [-0.2, 0) is 0 Å². The van der Waals surface area contributed by atoms with Crippen LogP contribution in [0.5, 0.6) is 0 Å². The fraction of sp³-hybridized carbons (Fsp3) is 0. The summed E-state index contributed by atoms with van der Waals surface area (Å²) in [6.45, 7) is 0. The zero-order chi connectivity index (χ0) is 33.5. The summed E-state index contributed by atoms with van der Waals surface area (Å²) in [5.41, 5.74) is 9.68. The molecule has 51 heavy (non-hydrogen) atoms. The molecule has 238 valence electrons. The van der Waals surface area contributed by atoms with Gasteiger partial charge in [0.1, 0.15) is 22.3 Å². The maximum Gasteiger partial charge on any atom is 0.143 e. The van der Waals surface area contributed by atoms with Crippen LogP contribution in [0.3, 0.4) is 0 Å². The number of rotatable bonds is 4. The largest absolute Gasteiger partial charge is 0.455 e. The lowest BCUT2D eigenvalue weighted by atomic mass is 10.0. The lowest BCUT2D eigenvalue weighted by Gasteiger charge is -2.26. The highest BCUT2D eigenvalue weighted by molar-refractivity contribution is 6.17. The average molecular weight is 653 g/mol. The summed E-state index contributed by atoms with van der Waals surface area (Å²) in [6, 6.07) is 59.7. The van der Waals surface area contributed by atoms with E-state index in [0.717, 1.165) is 105 Å². The van der Waals surface area contributed by atoms with E-state index in [2.05, 4.69) is 138 Å². The van der Waals surface area contributed by atoms with Gasteiger partial charge in [-0.05, 0) is 83.6 Å². The van der Waals surface area contributed by atoms with E-state index in [1.165, 1.54) is 0 Å². The van der Waals surface area contributed by atoms with E-state index in [9.17, 15) is 0 Å². The molecule has 3 aromatic heterocycles. The van der Waals surface area contributed by atoms with Gasteiger partial charge in [0, 0.05) is 60.3 Å². The number of nitrogens with zero attached hydrogens (tertiary/aromatic N) is 2. The molecule has 0 radical (unpaired) electrons. The number of pyridine rings is 1. The molecule has 0 atom stereocenters. The van der Waals surface area contributed by atoms with Crippen molar-refractivity contribution in [2.75, 3.05) is 4.90 Å².